The van der Waals surface area contributed by atoms with Gasteiger partial charge in [-0.1, -0.05) is 6.07 Å². The molecule has 4 rings (SSSR count). The van der Waals surface area contributed by atoms with Gasteiger partial charge in [-0.05, 0) is 50.4 Å². The van der Waals surface area contributed by atoms with Crippen LogP contribution in [-0.4, -0.2) is 39.2 Å². The number of ether oxygens (including phenoxy) is 1. The number of ketones is 1. The summed E-state index contributed by atoms with van der Waals surface area (Å²) in [7, 11) is 1.50. The minimum atomic E-state index is -1.89. The van der Waals surface area contributed by atoms with Crippen LogP contribution in [0.5, 0.6) is 23.0 Å². The Morgan fingerprint density at radius 1 is 0.839 bits per heavy atom. The summed E-state index contributed by atoms with van der Waals surface area (Å²) < 4.78 is 5.76. The second kappa shape index (κ2) is 8.10. The molecule has 0 radical (unpaired) electrons. The van der Waals surface area contributed by atoms with Crippen LogP contribution in [0.3, 0.4) is 0 Å². The van der Waals surface area contributed by atoms with Crippen LogP contribution in [0.4, 0.5) is 0 Å². The average molecular weight is 423 g/mol. The SMILES string of the molecule is CC(=O)c1cc(C(=O)O)ccc1C1(O)c2ccc(O)cc2Oc2cc(O)ccc21.CN. The van der Waals surface area contributed by atoms with Crippen LogP contribution in [0.25, 0.3) is 0 Å². The van der Waals surface area contributed by atoms with E-state index in [2.05, 4.69) is 5.73 Å². The van der Waals surface area contributed by atoms with Gasteiger partial charge >= 0.3 is 5.97 Å². The molecule has 0 aliphatic carbocycles. The van der Waals surface area contributed by atoms with Gasteiger partial charge in [-0.25, -0.2) is 4.79 Å². The highest BCUT2D eigenvalue weighted by Gasteiger charge is 2.44. The number of rotatable bonds is 3. The van der Waals surface area contributed by atoms with Crippen LogP contribution in [0.2, 0.25) is 0 Å². The Morgan fingerprint density at radius 3 is 1.77 bits per heavy atom. The van der Waals surface area contributed by atoms with E-state index >= 15 is 0 Å². The van der Waals surface area contributed by atoms with Gasteiger partial charge in [0.15, 0.2) is 5.78 Å². The molecule has 3 aromatic carbocycles. The fourth-order valence-electron chi connectivity index (χ4n) is 3.63. The number of benzene rings is 3. The van der Waals surface area contributed by atoms with Crippen molar-refractivity contribution in [2.75, 3.05) is 7.05 Å². The monoisotopic (exact) mass is 423 g/mol. The molecule has 1 aliphatic heterocycles. The summed E-state index contributed by atoms with van der Waals surface area (Å²) in [6.07, 6.45) is 0. The summed E-state index contributed by atoms with van der Waals surface area (Å²) in [5.74, 6) is -1.53. The number of fused-ring (bicyclic) bond motifs is 2. The number of Topliss-reactive ketones (excluding diaryl/α,β-unsaturated/α-hetero) is 1. The number of carboxylic acid groups (broad SMARTS) is 1. The Labute approximate surface area is 177 Å². The van der Waals surface area contributed by atoms with E-state index in [4.69, 9.17) is 4.74 Å². The molecule has 0 spiro atoms. The molecule has 0 saturated heterocycles. The Bertz CT molecular complexity index is 1140. The lowest BCUT2D eigenvalue weighted by atomic mass is 9.75. The van der Waals surface area contributed by atoms with Crippen LogP contribution >= 0.6 is 0 Å². The minimum absolute atomic E-state index is 0.0346. The van der Waals surface area contributed by atoms with E-state index in [1.165, 1.54) is 68.6 Å². The maximum Gasteiger partial charge on any atom is 0.335 e. The van der Waals surface area contributed by atoms with Crippen molar-refractivity contribution in [3.63, 3.8) is 0 Å². The van der Waals surface area contributed by atoms with Gasteiger partial charge in [-0.3, -0.25) is 4.79 Å². The van der Waals surface area contributed by atoms with Crippen LogP contribution < -0.4 is 10.5 Å². The van der Waals surface area contributed by atoms with E-state index in [1.807, 2.05) is 0 Å². The van der Waals surface area contributed by atoms with Gasteiger partial charge in [-0.15, -0.1) is 0 Å². The maximum absolute atomic E-state index is 12.3. The molecule has 0 atom stereocenters. The number of phenolic OH excluding ortho intramolecular Hbond substituents is 2. The molecule has 0 saturated carbocycles. The van der Waals surface area contributed by atoms with Crippen molar-refractivity contribution in [1.82, 2.24) is 0 Å². The predicted octanol–water partition coefficient (Wildman–Crippen LogP) is 2.96. The summed E-state index contributed by atoms with van der Waals surface area (Å²) in [5, 5.41) is 40.9. The first-order valence-corrected chi connectivity index (χ1v) is 9.25. The van der Waals surface area contributed by atoms with Gasteiger partial charge in [0, 0.05) is 34.4 Å². The molecular formula is C23H21NO7. The third-order valence-corrected chi connectivity index (χ3v) is 4.97. The van der Waals surface area contributed by atoms with Crippen LogP contribution in [-0.2, 0) is 5.60 Å². The van der Waals surface area contributed by atoms with E-state index in [9.17, 15) is 30.0 Å². The highest BCUT2D eigenvalue weighted by molar-refractivity contribution is 5.99. The van der Waals surface area contributed by atoms with Crippen LogP contribution in [0.1, 0.15) is 44.3 Å². The van der Waals surface area contributed by atoms with E-state index in [1.54, 1.807) is 0 Å². The largest absolute Gasteiger partial charge is 0.508 e. The average Bonchev–Trinajstić information content (AvgIpc) is 2.74. The number of hydrogen-bond donors (Lipinski definition) is 5. The number of nitrogens with two attached hydrogens (primary N) is 1. The Hall–Kier alpha value is -3.88. The van der Waals surface area contributed by atoms with Crippen LogP contribution in [0.15, 0.2) is 54.6 Å². The third-order valence-electron chi connectivity index (χ3n) is 4.97. The van der Waals surface area contributed by atoms with Crippen molar-refractivity contribution in [3.8, 4) is 23.0 Å². The van der Waals surface area contributed by atoms with Gasteiger partial charge in [0.2, 0.25) is 0 Å². The topological polar surface area (TPSA) is 150 Å². The number of aliphatic hydroxyl groups is 1. The molecular weight excluding hydrogens is 402 g/mol. The Kier molecular flexibility index (Phi) is 5.70. The normalized spacial score (nSPS) is 13.0. The van der Waals surface area contributed by atoms with E-state index in [-0.39, 0.29) is 50.8 Å². The highest BCUT2D eigenvalue weighted by atomic mass is 16.5. The number of hydrogen-bond acceptors (Lipinski definition) is 7. The number of carbonyl (C=O) groups is 2. The van der Waals surface area contributed by atoms with E-state index in [0.29, 0.717) is 0 Å². The molecule has 0 amide bonds. The van der Waals surface area contributed by atoms with Gasteiger partial charge in [0.1, 0.15) is 28.6 Å². The minimum Gasteiger partial charge on any atom is -0.508 e. The van der Waals surface area contributed by atoms with Gasteiger partial charge < -0.3 is 30.9 Å². The molecule has 160 valence electrons. The fourth-order valence-corrected chi connectivity index (χ4v) is 3.63. The number of aromatic hydroxyl groups is 2. The molecule has 8 nitrogen and oxygen atoms in total. The molecule has 1 heterocycles. The zero-order valence-electron chi connectivity index (χ0n) is 16.8. The highest BCUT2D eigenvalue weighted by Crippen LogP contribution is 2.52. The van der Waals surface area contributed by atoms with Crippen molar-refractivity contribution in [2.45, 2.75) is 12.5 Å². The van der Waals surface area contributed by atoms with E-state index in [0.717, 1.165) is 0 Å². The summed E-state index contributed by atoms with van der Waals surface area (Å²) >= 11 is 0. The predicted molar refractivity (Wildman–Crippen MR) is 112 cm³/mol. The molecule has 6 N–H and O–H groups in total. The van der Waals surface area contributed by atoms with Gasteiger partial charge in [0.05, 0.1) is 5.56 Å². The molecule has 8 heteroatoms. The first-order chi connectivity index (χ1) is 14.7. The van der Waals surface area contributed by atoms with Crippen molar-refractivity contribution in [3.05, 3.63) is 82.4 Å². The fraction of sp³-hybridized carbons (Fsp3) is 0.130. The lowest BCUT2D eigenvalue weighted by Crippen LogP contribution is -2.34. The second-order valence-electron chi connectivity index (χ2n) is 6.80. The van der Waals surface area contributed by atoms with Crippen LogP contribution in [0, 0.1) is 0 Å². The molecule has 0 aromatic heterocycles. The summed E-state index contributed by atoms with van der Waals surface area (Å²) in [6.45, 7) is 1.28. The second-order valence-corrected chi connectivity index (χ2v) is 6.80. The maximum atomic E-state index is 12.3. The molecule has 31 heavy (non-hydrogen) atoms. The zero-order valence-corrected chi connectivity index (χ0v) is 16.8. The van der Waals surface area contributed by atoms with Crippen molar-refractivity contribution in [2.24, 2.45) is 5.73 Å². The molecule has 0 unspecified atom stereocenters. The van der Waals surface area contributed by atoms with Gasteiger partial charge in [0.25, 0.3) is 0 Å². The smallest absolute Gasteiger partial charge is 0.335 e. The third kappa shape index (κ3) is 3.58. The standard InChI is InChI=1S/C22H16O7.CH5N/c1-11(23)15-8-12(21(26)27)2-5-16(15)22(28)17-6-3-13(24)9-19(17)29-20-10-14(25)4-7-18(20)22;1-2/h2-10,24-25,28H,1H3,(H,26,27);2H2,1H3. The number of phenols is 2. The number of aromatic carboxylic acids is 1. The number of carboxylic acids is 1. The molecule has 3 aromatic rings. The molecule has 0 bridgehead atoms. The summed E-state index contributed by atoms with van der Waals surface area (Å²) in [6, 6.07) is 12.2. The quantitative estimate of drug-likeness (QED) is 0.404. The van der Waals surface area contributed by atoms with Crippen molar-refractivity contribution >= 4 is 11.8 Å². The summed E-state index contributed by atoms with van der Waals surface area (Å²) in [4.78, 5) is 23.7. The molecule has 1 aliphatic rings. The summed E-state index contributed by atoms with van der Waals surface area (Å²) in [5.41, 5.74) is 3.25. The Balaban J connectivity index is 0.00000132. The lowest BCUT2D eigenvalue weighted by Gasteiger charge is -2.37. The lowest BCUT2D eigenvalue weighted by molar-refractivity contribution is 0.0696. The first-order valence-electron chi connectivity index (χ1n) is 9.25. The first kappa shape index (κ1) is 21.8. The van der Waals surface area contributed by atoms with E-state index < -0.39 is 17.4 Å². The Morgan fingerprint density at radius 2 is 1.32 bits per heavy atom. The van der Waals surface area contributed by atoms with Crippen molar-refractivity contribution < 1.29 is 34.8 Å². The molecule has 0 fully saturated rings. The zero-order chi connectivity index (χ0) is 22.9. The van der Waals surface area contributed by atoms with Crippen molar-refractivity contribution in [1.29, 1.82) is 0 Å². The van der Waals surface area contributed by atoms with Gasteiger partial charge in [-0.2, -0.15) is 0 Å². The number of carbonyl (C=O) groups excluding carboxylic acids is 1.